The highest BCUT2D eigenvalue weighted by molar-refractivity contribution is 5.83. The van der Waals surface area contributed by atoms with Crippen molar-refractivity contribution in [3.63, 3.8) is 0 Å². The number of rotatable bonds is 7. The van der Waals surface area contributed by atoms with E-state index in [1.807, 2.05) is 0 Å². The Hall–Kier alpha value is -1.46. The second kappa shape index (κ2) is 6.63. The summed E-state index contributed by atoms with van der Waals surface area (Å²) in [5.74, 6) is -0.368. The lowest BCUT2D eigenvalue weighted by Gasteiger charge is -2.18. The van der Waals surface area contributed by atoms with Crippen LogP contribution >= 0.6 is 0 Å². The Balaban J connectivity index is 2.02. The number of nitrogens with one attached hydrogen (secondary N) is 2. The first-order chi connectivity index (χ1) is 9.20. The summed E-state index contributed by atoms with van der Waals surface area (Å²) in [6.07, 6.45) is 2.08. The first-order valence-corrected chi connectivity index (χ1v) is 6.49. The first kappa shape index (κ1) is 14.0. The van der Waals surface area contributed by atoms with Gasteiger partial charge < -0.3 is 10.1 Å². The van der Waals surface area contributed by atoms with Crippen molar-refractivity contribution in [1.29, 1.82) is 0 Å². The quantitative estimate of drug-likeness (QED) is 0.733. The predicted octanol–water partition coefficient (Wildman–Crippen LogP) is 1.38. The molecule has 1 aromatic carbocycles. The fourth-order valence-corrected chi connectivity index (χ4v) is 1.83. The summed E-state index contributed by atoms with van der Waals surface area (Å²) in [6, 6.07) is 5.84. The highest BCUT2D eigenvalue weighted by Gasteiger charge is 2.28. The van der Waals surface area contributed by atoms with Gasteiger partial charge in [-0.2, -0.15) is 0 Å². The molecule has 19 heavy (non-hydrogen) atoms. The second-order valence-corrected chi connectivity index (χ2v) is 4.71. The zero-order chi connectivity index (χ0) is 13.7. The van der Waals surface area contributed by atoms with E-state index >= 15 is 0 Å². The van der Waals surface area contributed by atoms with Gasteiger partial charge in [-0.05, 0) is 30.5 Å². The van der Waals surface area contributed by atoms with E-state index in [0.29, 0.717) is 19.2 Å². The summed E-state index contributed by atoms with van der Waals surface area (Å²) in [7, 11) is 1.61. The predicted molar refractivity (Wildman–Crippen MR) is 70.2 cm³/mol. The standard InChI is InChI=1S/C14H19FN2O2/c1-19-9-8-16-13(14(18)17-12-6-7-12)10-2-4-11(15)5-3-10/h2-5,12-13,16H,6-9H2,1H3,(H,17,18). The zero-order valence-corrected chi connectivity index (χ0v) is 11.0. The normalized spacial score (nSPS) is 16.1. The number of methoxy groups -OCH3 is 1. The molecule has 0 aliphatic heterocycles. The molecule has 0 heterocycles. The van der Waals surface area contributed by atoms with E-state index in [9.17, 15) is 9.18 Å². The molecule has 1 aromatic rings. The van der Waals surface area contributed by atoms with Crippen molar-refractivity contribution in [2.45, 2.75) is 24.9 Å². The number of carbonyl (C=O) groups is 1. The third-order valence-corrected chi connectivity index (χ3v) is 3.04. The summed E-state index contributed by atoms with van der Waals surface area (Å²) in [5, 5.41) is 6.09. The minimum Gasteiger partial charge on any atom is -0.383 e. The third-order valence-electron chi connectivity index (χ3n) is 3.04. The van der Waals surface area contributed by atoms with E-state index in [-0.39, 0.29) is 11.7 Å². The number of benzene rings is 1. The molecule has 4 nitrogen and oxygen atoms in total. The molecular formula is C14H19FN2O2. The fourth-order valence-electron chi connectivity index (χ4n) is 1.83. The van der Waals surface area contributed by atoms with Gasteiger partial charge in [0.2, 0.25) is 5.91 Å². The number of hydrogen-bond donors (Lipinski definition) is 2. The number of carbonyl (C=O) groups excluding carboxylic acids is 1. The molecule has 104 valence electrons. The topological polar surface area (TPSA) is 50.4 Å². The Bertz CT molecular complexity index is 418. The van der Waals surface area contributed by atoms with Gasteiger partial charge in [-0.15, -0.1) is 0 Å². The van der Waals surface area contributed by atoms with Crippen molar-refractivity contribution in [2.24, 2.45) is 0 Å². The minimum atomic E-state index is -0.462. The molecule has 1 amide bonds. The summed E-state index contributed by atoms with van der Waals surface area (Å²) in [5.41, 5.74) is 0.760. The van der Waals surface area contributed by atoms with E-state index in [1.54, 1.807) is 19.2 Å². The Morgan fingerprint density at radius 3 is 2.68 bits per heavy atom. The number of hydrogen-bond acceptors (Lipinski definition) is 3. The van der Waals surface area contributed by atoms with Gasteiger partial charge in [0, 0.05) is 19.7 Å². The van der Waals surface area contributed by atoms with Crippen LogP contribution in [0.5, 0.6) is 0 Å². The van der Waals surface area contributed by atoms with Crippen molar-refractivity contribution in [3.05, 3.63) is 35.6 Å². The maximum Gasteiger partial charge on any atom is 0.241 e. The van der Waals surface area contributed by atoms with E-state index in [4.69, 9.17) is 4.74 Å². The summed E-state index contributed by atoms with van der Waals surface area (Å²) in [4.78, 5) is 12.2. The molecule has 1 fully saturated rings. The lowest BCUT2D eigenvalue weighted by molar-refractivity contribution is -0.123. The fraction of sp³-hybridized carbons (Fsp3) is 0.500. The van der Waals surface area contributed by atoms with Gasteiger partial charge in [0.05, 0.1) is 6.61 Å². The highest BCUT2D eigenvalue weighted by Crippen LogP contribution is 2.21. The molecule has 0 aromatic heterocycles. The summed E-state index contributed by atoms with van der Waals surface area (Å²) >= 11 is 0. The number of amides is 1. The van der Waals surface area contributed by atoms with E-state index in [1.165, 1.54) is 12.1 Å². The lowest BCUT2D eigenvalue weighted by atomic mass is 10.1. The Morgan fingerprint density at radius 2 is 2.11 bits per heavy atom. The molecule has 1 aliphatic rings. The smallest absolute Gasteiger partial charge is 0.241 e. The van der Waals surface area contributed by atoms with Crippen LogP contribution in [0, 0.1) is 5.82 Å². The Labute approximate surface area is 112 Å². The van der Waals surface area contributed by atoms with E-state index in [0.717, 1.165) is 18.4 Å². The largest absolute Gasteiger partial charge is 0.383 e. The maximum absolute atomic E-state index is 12.9. The van der Waals surface area contributed by atoms with Gasteiger partial charge in [0.25, 0.3) is 0 Å². The van der Waals surface area contributed by atoms with Crippen LogP contribution < -0.4 is 10.6 Å². The van der Waals surface area contributed by atoms with Gasteiger partial charge in [-0.3, -0.25) is 10.1 Å². The second-order valence-electron chi connectivity index (χ2n) is 4.71. The van der Waals surface area contributed by atoms with Crippen LogP contribution in [0.15, 0.2) is 24.3 Å². The highest BCUT2D eigenvalue weighted by atomic mass is 19.1. The van der Waals surface area contributed by atoms with Crippen LogP contribution in [-0.2, 0) is 9.53 Å². The summed E-state index contributed by atoms with van der Waals surface area (Å²) in [6.45, 7) is 1.09. The van der Waals surface area contributed by atoms with Gasteiger partial charge in [-0.1, -0.05) is 12.1 Å². The van der Waals surface area contributed by atoms with Gasteiger partial charge in [0.1, 0.15) is 11.9 Å². The monoisotopic (exact) mass is 266 g/mol. The van der Waals surface area contributed by atoms with Crippen molar-refractivity contribution >= 4 is 5.91 Å². The molecule has 1 aliphatic carbocycles. The molecule has 0 saturated heterocycles. The molecule has 0 radical (unpaired) electrons. The number of halogens is 1. The Morgan fingerprint density at radius 1 is 1.42 bits per heavy atom. The zero-order valence-electron chi connectivity index (χ0n) is 11.0. The summed E-state index contributed by atoms with van der Waals surface area (Å²) < 4.78 is 17.9. The number of ether oxygens (including phenoxy) is 1. The maximum atomic E-state index is 12.9. The van der Waals surface area contributed by atoms with E-state index in [2.05, 4.69) is 10.6 Å². The van der Waals surface area contributed by atoms with Gasteiger partial charge >= 0.3 is 0 Å². The SMILES string of the molecule is COCCNC(C(=O)NC1CC1)c1ccc(F)cc1. The van der Waals surface area contributed by atoms with Crippen LogP contribution in [0.4, 0.5) is 4.39 Å². The molecule has 1 atom stereocenters. The minimum absolute atomic E-state index is 0.0646. The van der Waals surface area contributed by atoms with Crippen LogP contribution in [0.2, 0.25) is 0 Å². The van der Waals surface area contributed by atoms with Crippen LogP contribution in [0.25, 0.3) is 0 Å². The van der Waals surface area contributed by atoms with E-state index < -0.39 is 6.04 Å². The average molecular weight is 266 g/mol. The van der Waals surface area contributed by atoms with Gasteiger partial charge in [-0.25, -0.2) is 4.39 Å². The lowest BCUT2D eigenvalue weighted by Crippen LogP contribution is -2.39. The molecule has 0 spiro atoms. The average Bonchev–Trinajstić information content (AvgIpc) is 3.20. The van der Waals surface area contributed by atoms with Crippen LogP contribution in [0.1, 0.15) is 24.4 Å². The first-order valence-electron chi connectivity index (χ1n) is 6.49. The van der Waals surface area contributed by atoms with Gasteiger partial charge in [0.15, 0.2) is 0 Å². The van der Waals surface area contributed by atoms with Crippen LogP contribution in [-0.4, -0.2) is 32.2 Å². The molecule has 0 bridgehead atoms. The third kappa shape index (κ3) is 4.29. The van der Waals surface area contributed by atoms with Crippen molar-refractivity contribution in [2.75, 3.05) is 20.3 Å². The van der Waals surface area contributed by atoms with Crippen molar-refractivity contribution < 1.29 is 13.9 Å². The molecule has 2 N–H and O–H groups in total. The Kier molecular flexibility index (Phi) is 4.87. The molecule has 1 saturated carbocycles. The van der Waals surface area contributed by atoms with Crippen LogP contribution in [0.3, 0.4) is 0 Å². The van der Waals surface area contributed by atoms with Crippen molar-refractivity contribution in [1.82, 2.24) is 10.6 Å². The molecule has 2 rings (SSSR count). The van der Waals surface area contributed by atoms with Crippen molar-refractivity contribution in [3.8, 4) is 0 Å². The molecule has 5 heteroatoms. The molecular weight excluding hydrogens is 247 g/mol. The molecule has 1 unspecified atom stereocenters.